The molecule has 1 saturated heterocycles. The van der Waals surface area contributed by atoms with Gasteiger partial charge in [-0.05, 0) is 47.2 Å². The third-order valence-corrected chi connectivity index (χ3v) is 7.71. The normalized spacial score (nSPS) is 20.9. The van der Waals surface area contributed by atoms with E-state index >= 15 is 0 Å². The number of nitrogens with zero attached hydrogens (tertiary/aromatic N) is 3. The molecule has 1 aliphatic rings. The number of urea groups is 1. The molecule has 2 unspecified atom stereocenters. The summed E-state index contributed by atoms with van der Waals surface area (Å²) in [6, 6.07) is 32.8. The molecule has 41 heavy (non-hydrogen) atoms. The number of rotatable bonds is 8. The maximum absolute atomic E-state index is 14.6. The molecule has 0 spiro atoms. The summed E-state index contributed by atoms with van der Waals surface area (Å²) in [6.45, 7) is 0.251. The molecule has 1 aliphatic heterocycles. The third kappa shape index (κ3) is 6.46. The van der Waals surface area contributed by atoms with E-state index in [2.05, 4.69) is 0 Å². The molecule has 0 saturated carbocycles. The number of nitriles is 1. The molecule has 7 heteroatoms. The second kappa shape index (κ2) is 12.8. The molecule has 0 aliphatic carbocycles. The Balaban J connectivity index is 1.59. The summed E-state index contributed by atoms with van der Waals surface area (Å²) < 4.78 is 14.1. The first-order valence-electron chi connectivity index (χ1n) is 13.7. The predicted octanol–water partition coefficient (Wildman–Crippen LogP) is 5.08. The van der Waals surface area contributed by atoms with Crippen LogP contribution in [0.1, 0.15) is 27.8 Å². The number of benzene rings is 4. The first-order chi connectivity index (χ1) is 19.9. The van der Waals surface area contributed by atoms with E-state index in [1.165, 1.54) is 12.1 Å². The topological polar surface area (TPSA) is 87.8 Å². The molecule has 6 nitrogen and oxygen atoms in total. The van der Waals surface area contributed by atoms with Crippen LogP contribution in [-0.4, -0.2) is 50.3 Å². The van der Waals surface area contributed by atoms with E-state index in [1.54, 1.807) is 15.9 Å². The third-order valence-electron chi connectivity index (χ3n) is 7.71. The van der Waals surface area contributed by atoms with Crippen molar-refractivity contribution in [3.05, 3.63) is 143 Å². The van der Waals surface area contributed by atoms with Crippen LogP contribution in [-0.2, 0) is 25.9 Å². The minimum atomic E-state index is -1.27. The molecule has 1 heterocycles. The number of hydrogen-bond donors (Lipinski definition) is 2. The van der Waals surface area contributed by atoms with Gasteiger partial charge in [-0.1, -0.05) is 97.1 Å². The van der Waals surface area contributed by atoms with Crippen LogP contribution in [0.25, 0.3) is 0 Å². The van der Waals surface area contributed by atoms with Gasteiger partial charge in [0.05, 0.1) is 17.6 Å². The second-order valence-corrected chi connectivity index (χ2v) is 10.4. The summed E-state index contributed by atoms with van der Waals surface area (Å²) in [7, 11) is 0. The van der Waals surface area contributed by atoms with Crippen molar-refractivity contribution < 1.29 is 19.4 Å². The van der Waals surface area contributed by atoms with Crippen LogP contribution < -0.4 is 0 Å². The highest BCUT2D eigenvalue weighted by molar-refractivity contribution is 5.76. The van der Waals surface area contributed by atoms with Crippen LogP contribution in [0.15, 0.2) is 109 Å². The van der Waals surface area contributed by atoms with Crippen LogP contribution in [0.5, 0.6) is 0 Å². The van der Waals surface area contributed by atoms with Crippen LogP contribution in [0.4, 0.5) is 9.18 Å². The van der Waals surface area contributed by atoms with Crippen LogP contribution in [0.2, 0.25) is 0 Å². The quantitative estimate of drug-likeness (QED) is 0.321. The number of amides is 2. The lowest BCUT2D eigenvalue weighted by Crippen LogP contribution is -2.50. The van der Waals surface area contributed by atoms with E-state index < -0.39 is 30.1 Å². The van der Waals surface area contributed by atoms with E-state index in [1.807, 2.05) is 97.1 Å². The molecule has 4 atom stereocenters. The number of carbonyl (C=O) groups excluding carboxylic acids is 1. The van der Waals surface area contributed by atoms with Gasteiger partial charge in [0.1, 0.15) is 24.1 Å². The van der Waals surface area contributed by atoms with Gasteiger partial charge in [-0.25, -0.2) is 9.18 Å². The maximum atomic E-state index is 14.6. The van der Waals surface area contributed by atoms with Crippen molar-refractivity contribution >= 4 is 6.03 Å². The zero-order valence-electron chi connectivity index (χ0n) is 22.6. The molecule has 2 amide bonds. The van der Waals surface area contributed by atoms with Gasteiger partial charge in [0.15, 0.2) is 0 Å². The highest BCUT2D eigenvalue weighted by atomic mass is 19.1. The lowest BCUT2D eigenvalue weighted by atomic mass is 9.91. The number of aliphatic hydroxyl groups excluding tert-OH is 2. The van der Waals surface area contributed by atoms with Gasteiger partial charge in [0.2, 0.25) is 0 Å². The van der Waals surface area contributed by atoms with Gasteiger partial charge in [0, 0.05) is 13.1 Å². The Morgan fingerprint density at radius 2 is 1.10 bits per heavy atom. The maximum Gasteiger partial charge on any atom is 0.321 e. The lowest BCUT2D eigenvalue weighted by Gasteiger charge is -2.36. The molecular weight excluding hydrogens is 517 g/mol. The van der Waals surface area contributed by atoms with Gasteiger partial charge in [-0.2, -0.15) is 5.26 Å². The van der Waals surface area contributed by atoms with E-state index in [-0.39, 0.29) is 24.7 Å². The van der Waals surface area contributed by atoms with Gasteiger partial charge < -0.3 is 20.0 Å². The number of carbonyl (C=O) groups is 1. The van der Waals surface area contributed by atoms with Crippen molar-refractivity contribution in [2.24, 2.45) is 0 Å². The van der Waals surface area contributed by atoms with Gasteiger partial charge in [-0.15, -0.1) is 0 Å². The number of aliphatic hydroxyl groups is 2. The Labute approximate surface area is 239 Å². The van der Waals surface area contributed by atoms with Crippen molar-refractivity contribution in [1.82, 2.24) is 9.80 Å². The summed E-state index contributed by atoms with van der Waals surface area (Å²) in [5.41, 5.74) is 3.15. The SMILES string of the molecule is N#Cc1cc(CN2C(=O)N(Cc3ccccc3)[C@H](Cc3ccccc3)C(O)C(O)[C@H]2Cc2ccccc2)ccc1F. The minimum absolute atomic E-state index is 0.0262. The van der Waals surface area contributed by atoms with Crippen LogP contribution >= 0.6 is 0 Å². The largest absolute Gasteiger partial charge is 0.388 e. The van der Waals surface area contributed by atoms with Crippen molar-refractivity contribution in [1.29, 1.82) is 5.26 Å². The second-order valence-electron chi connectivity index (χ2n) is 10.4. The fourth-order valence-corrected chi connectivity index (χ4v) is 5.55. The van der Waals surface area contributed by atoms with Gasteiger partial charge in [0.25, 0.3) is 0 Å². The zero-order valence-corrected chi connectivity index (χ0v) is 22.6. The Kier molecular flexibility index (Phi) is 8.73. The average molecular weight is 550 g/mol. The molecule has 4 aromatic rings. The molecule has 0 radical (unpaired) electrons. The Bertz CT molecular complexity index is 1490. The molecule has 5 rings (SSSR count). The Morgan fingerprint density at radius 1 is 0.659 bits per heavy atom. The van der Waals surface area contributed by atoms with E-state index in [0.29, 0.717) is 18.4 Å². The Hall–Kier alpha value is -4.51. The fraction of sp³-hybridized carbons (Fsp3) is 0.235. The molecule has 208 valence electrons. The van der Waals surface area contributed by atoms with Crippen molar-refractivity contribution in [2.45, 2.75) is 50.2 Å². The minimum Gasteiger partial charge on any atom is -0.388 e. The monoisotopic (exact) mass is 549 g/mol. The number of halogens is 1. The smallest absolute Gasteiger partial charge is 0.321 e. The highest BCUT2D eigenvalue weighted by Gasteiger charge is 2.46. The molecule has 0 bridgehead atoms. The first kappa shape index (κ1) is 28.0. The summed E-state index contributed by atoms with van der Waals surface area (Å²) in [5, 5.41) is 32.9. The van der Waals surface area contributed by atoms with Gasteiger partial charge in [-0.3, -0.25) is 0 Å². The van der Waals surface area contributed by atoms with Crippen molar-refractivity contribution in [3.8, 4) is 6.07 Å². The van der Waals surface area contributed by atoms with E-state index in [0.717, 1.165) is 16.7 Å². The molecule has 0 aromatic heterocycles. The molecule has 4 aromatic carbocycles. The molecule has 2 N–H and O–H groups in total. The summed E-state index contributed by atoms with van der Waals surface area (Å²) in [4.78, 5) is 17.8. The van der Waals surface area contributed by atoms with Crippen LogP contribution in [0, 0.1) is 17.1 Å². The van der Waals surface area contributed by atoms with Crippen LogP contribution in [0.3, 0.4) is 0 Å². The standard InChI is InChI=1S/C34H32FN3O3/c35-29-17-16-27(18-28(29)21-36)23-38-31(20-25-12-6-2-7-13-25)33(40)32(39)30(19-24-10-4-1-5-11-24)37(34(38)41)22-26-14-8-3-9-15-26/h1-18,30-33,39-40H,19-20,22-23H2/t30-,31-,32?,33?/m1/s1. The fourth-order valence-electron chi connectivity index (χ4n) is 5.55. The average Bonchev–Trinajstić information content (AvgIpc) is 3.07. The zero-order chi connectivity index (χ0) is 28.8. The predicted molar refractivity (Wildman–Crippen MR) is 154 cm³/mol. The highest BCUT2D eigenvalue weighted by Crippen LogP contribution is 2.30. The number of hydrogen-bond acceptors (Lipinski definition) is 4. The molecular formula is C34H32FN3O3. The Morgan fingerprint density at radius 3 is 1.56 bits per heavy atom. The van der Waals surface area contributed by atoms with E-state index in [4.69, 9.17) is 0 Å². The van der Waals surface area contributed by atoms with Gasteiger partial charge >= 0.3 is 6.03 Å². The van der Waals surface area contributed by atoms with E-state index in [9.17, 15) is 24.7 Å². The van der Waals surface area contributed by atoms with Crippen molar-refractivity contribution in [2.75, 3.05) is 0 Å². The summed E-state index contributed by atoms with van der Waals surface area (Å²) in [6.07, 6.45) is -1.87. The first-order valence-corrected chi connectivity index (χ1v) is 13.7. The summed E-state index contributed by atoms with van der Waals surface area (Å²) in [5.74, 6) is -0.636. The van der Waals surface area contributed by atoms with Crippen molar-refractivity contribution in [3.63, 3.8) is 0 Å². The molecule has 1 fully saturated rings. The summed E-state index contributed by atoms with van der Waals surface area (Å²) >= 11 is 0. The lowest BCUT2D eigenvalue weighted by molar-refractivity contribution is -0.0408.